The molecule has 0 unspecified atom stereocenters. The van der Waals surface area contributed by atoms with Crippen LogP contribution in [0.15, 0.2) is 12.3 Å². The van der Waals surface area contributed by atoms with E-state index in [1.807, 2.05) is 0 Å². The largest absolute Gasteiger partial charge is 0.618 e. The molecule has 0 amide bonds. The van der Waals surface area contributed by atoms with Crippen molar-refractivity contribution in [3.63, 3.8) is 0 Å². The topological polar surface area (TPSA) is 88.0 Å². The van der Waals surface area contributed by atoms with Crippen molar-refractivity contribution in [2.75, 3.05) is 0 Å². The molecule has 0 spiro atoms. The first-order valence-electron chi connectivity index (χ1n) is 3.12. The number of nitriles is 1. The summed E-state index contributed by atoms with van der Waals surface area (Å²) in [6, 6.07) is 2.59. The molecule has 0 radical (unpaired) electrons. The van der Waals surface area contributed by atoms with E-state index in [1.165, 1.54) is 0 Å². The van der Waals surface area contributed by atoms with Crippen molar-refractivity contribution in [1.82, 2.24) is 0 Å². The quantitative estimate of drug-likeness (QED) is 0.527. The Morgan fingerprint density at radius 2 is 2.38 bits per heavy atom. The van der Waals surface area contributed by atoms with Crippen LogP contribution in [-0.2, 0) is 0 Å². The Balaban J connectivity index is 3.39. The zero-order chi connectivity index (χ0) is 10.0. The molecule has 1 heterocycles. The molecule has 66 valence electrons. The van der Waals surface area contributed by atoms with Gasteiger partial charge >= 0.3 is 5.97 Å². The maximum atomic E-state index is 10.9. The highest BCUT2D eigenvalue weighted by molar-refractivity contribution is 6.33. The van der Waals surface area contributed by atoms with E-state index in [4.69, 9.17) is 22.0 Å². The van der Waals surface area contributed by atoms with Gasteiger partial charge in [-0.2, -0.15) is 9.99 Å². The van der Waals surface area contributed by atoms with Crippen LogP contribution in [0.25, 0.3) is 0 Å². The summed E-state index contributed by atoms with van der Waals surface area (Å²) in [6.07, 6.45) is 0.753. The molecule has 0 bridgehead atoms. The highest BCUT2D eigenvalue weighted by Crippen LogP contribution is 2.14. The Morgan fingerprint density at radius 1 is 1.77 bits per heavy atom. The van der Waals surface area contributed by atoms with Gasteiger partial charge in [0.05, 0.1) is 5.02 Å². The average Bonchev–Trinajstić information content (AvgIpc) is 2.07. The third-order valence-electron chi connectivity index (χ3n) is 1.35. The molecule has 0 aromatic carbocycles. The first kappa shape index (κ1) is 9.29. The maximum absolute atomic E-state index is 10.9. The van der Waals surface area contributed by atoms with Gasteiger partial charge in [-0.15, -0.1) is 0 Å². The molecule has 1 N–H and O–H groups in total. The Kier molecular flexibility index (Phi) is 2.35. The third-order valence-corrected chi connectivity index (χ3v) is 1.66. The van der Waals surface area contributed by atoms with Crippen molar-refractivity contribution in [2.24, 2.45) is 0 Å². The lowest BCUT2D eigenvalue weighted by molar-refractivity contribution is -0.608. The molecule has 0 aliphatic carbocycles. The standard InChI is InChI=1S/C7H3ClN2O3/c8-6-1-4(2-9)10(13)3-5(6)7(11)12/h1,3H,(H,11,12). The lowest BCUT2D eigenvalue weighted by Gasteiger charge is -2.00. The van der Waals surface area contributed by atoms with Gasteiger partial charge in [0.25, 0.3) is 5.69 Å². The van der Waals surface area contributed by atoms with Crippen molar-refractivity contribution in [3.05, 3.63) is 33.8 Å². The second kappa shape index (κ2) is 3.29. The zero-order valence-electron chi connectivity index (χ0n) is 6.19. The molecule has 1 aromatic heterocycles. The van der Waals surface area contributed by atoms with Crippen LogP contribution in [-0.4, -0.2) is 11.1 Å². The molecule has 0 saturated carbocycles. The van der Waals surface area contributed by atoms with Crippen LogP contribution >= 0.6 is 11.6 Å². The van der Waals surface area contributed by atoms with Crippen molar-refractivity contribution < 1.29 is 14.6 Å². The second-order valence-electron chi connectivity index (χ2n) is 2.16. The van der Waals surface area contributed by atoms with Gasteiger partial charge < -0.3 is 10.3 Å². The summed E-state index contributed by atoms with van der Waals surface area (Å²) in [5.41, 5.74) is -0.564. The normalized spacial score (nSPS) is 9.23. The zero-order valence-corrected chi connectivity index (χ0v) is 6.95. The molecule has 6 heteroatoms. The summed E-state index contributed by atoms with van der Waals surface area (Å²) >= 11 is 5.49. The lowest BCUT2D eigenvalue weighted by atomic mass is 10.2. The molecule has 13 heavy (non-hydrogen) atoms. The molecule has 1 rings (SSSR count). The number of aromatic nitrogens is 1. The van der Waals surface area contributed by atoms with Crippen molar-refractivity contribution >= 4 is 17.6 Å². The number of aromatic carboxylic acids is 1. The van der Waals surface area contributed by atoms with Crippen LogP contribution in [0.1, 0.15) is 16.1 Å². The number of rotatable bonds is 1. The predicted molar refractivity (Wildman–Crippen MR) is 42.1 cm³/mol. The summed E-state index contributed by atoms with van der Waals surface area (Å²) < 4.78 is 0.162. The molecule has 0 aliphatic heterocycles. The van der Waals surface area contributed by atoms with Gasteiger partial charge in [-0.3, -0.25) is 0 Å². The molecule has 0 aliphatic rings. The maximum Gasteiger partial charge on any atom is 0.343 e. The van der Waals surface area contributed by atoms with E-state index in [-0.39, 0.29) is 21.0 Å². The number of halogens is 1. The third kappa shape index (κ3) is 1.68. The Morgan fingerprint density at radius 3 is 2.85 bits per heavy atom. The van der Waals surface area contributed by atoms with Crippen molar-refractivity contribution in [1.29, 1.82) is 5.26 Å². The van der Waals surface area contributed by atoms with E-state index in [1.54, 1.807) is 6.07 Å². The molecule has 0 fully saturated rings. The van der Waals surface area contributed by atoms with Crippen LogP contribution < -0.4 is 4.73 Å². The van der Waals surface area contributed by atoms with Gasteiger partial charge in [0.1, 0.15) is 5.56 Å². The number of carbonyl (C=O) groups is 1. The fourth-order valence-electron chi connectivity index (χ4n) is 0.749. The van der Waals surface area contributed by atoms with E-state index in [2.05, 4.69) is 0 Å². The van der Waals surface area contributed by atoms with E-state index >= 15 is 0 Å². The van der Waals surface area contributed by atoms with Gasteiger partial charge in [-0.05, 0) is 0 Å². The summed E-state index contributed by atoms with van der Waals surface area (Å²) in [4.78, 5) is 10.5. The van der Waals surface area contributed by atoms with Gasteiger partial charge in [-0.1, -0.05) is 11.6 Å². The molecule has 1 aromatic rings. The lowest BCUT2D eigenvalue weighted by Crippen LogP contribution is -2.31. The fraction of sp³-hybridized carbons (Fsp3) is 0. The van der Waals surface area contributed by atoms with E-state index in [0.717, 1.165) is 12.3 Å². The smallest absolute Gasteiger partial charge is 0.343 e. The summed E-state index contributed by atoms with van der Waals surface area (Å²) in [5.74, 6) is -1.31. The van der Waals surface area contributed by atoms with Crippen LogP contribution in [0, 0.1) is 16.5 Å². The van der Waals surface area contributed by atoms with Crippen molar-refractivity contribution in [2.45, 2.75) is 0 Å². The Bertz CT molecular complexity index is 411. The first-order valence-corrected chi connectivity index (χ1v) is 3.50. The fourth-order valence-corrected chi connectivity index (χ4v) is 0.982. The SMILES string of the molecule is N#Cc1cc(Cl)c(C(=O)O)c[n+]1[O-]. The van der Waals surface area contributed by atoms with Crippen LogP contribution in [0.4, 0.5) is 0 Å². The number of hydrogen-bond acceptors (Lipinski definition) is 3. The second-order valence-corrected chi connectivity index (χ2v) is 2.57. The monoisotopic (exact) mass is 198 g/mol. The van der Waals surface area contributed by atoms with E-state index < -0.39 is 5.97 Å². The number of nitrogens with zero attached hydrogens (tertiary/aromatic N) is 2. The molecular weight excluding hydrogens is 196 g/mol. The van der Waals surface area contributed by atoms with E-state index in [9.17, 15) is 10.0 Å². The first-order chi connectivity index (χ1) is 6.06. The minimum Gasteiger partial charge on any atom is -0.618 e. The number of carboxylic acids is 1. The average molecular weight is 199 g/mol. The van der Waals surface area contributed by atoms with Gasteiger partial charge in [0, 0.05) is 6.07 Å². The highest BCUT2D eigenvalue weighted by atomic mass is 35.5. The van der Waals surface area contributed by atoms with Crippen LogP contribution in [0.2, 0.25) is 5.02 Å². The minimum atomic E-state index is -1.31. The number of hydrogen-bond donors (Lipinski definition) is 1. The van der Waals surface area contributed by atoms with Gasteiger partial charge in [-0.25, -0.2) is 4.79 Å². The summed E-state index contributed by atoms with van der Waals surface area (Å²) in [5, 5.41) is 27.7. The van der Waals surface area contributed by atoms with Crippen molar-refractivity contribution in [3.8, 4) is 6.07 Å². The summed E-state index contributed by atoms with van der Waals surface area (Å²) in [6.45, 7) is 0. The number of carboxylic acid groups (broad SMARTS) is 1. The highest BCUT2D eigenvalue weighted by Gasteiger charge is 2.16. The Hall–Kier alpha value is -1.80. The molecular formula is C7H3ClN2O3. The molecule has 0 atom stereocenters. The predicted octanol–water partition coefficient (Wildman–Crippen LogP) is 0.543. The number of pyridine rings is 1. The van der Waals surface area contributed by atoms with Gasteiger partial charge in [0.15, 0.2) is 12.3 Å². The molecule has 0 saturated heterocycles. The molecule has 5 nitrogen and oxygen atoms in total. The Labute approximate surface area is 78.0 Å². The summed E-state index contributed by atoms with van der Waals surface area (Å²) in [7, 11) is 0. The van der Waals surface area contributed by atoms with Gasteiger partial charge in [0.2, 0.25) is 0 Å². The van der Waals surface area contributed by atoms with Crippen LogP contribution in [0.5, 0.6) is 0 Å². The minimum absolute atomic E-state index is 0.129. The van der Waals surface area contributed by atoms with Crippen LogP contribution in [0.3, 0.4) is 0 Å². The van der Waals surface area contributed by atoms with E-state index in [0.29, 0.717) is 0 Å².